The van der Waals surface area contributed by atoms with E-state index in [0.29, 0.717) is 19.8 Å². The van der Waals surface area contributed by atoms with Gasteiger partial charge in [0.1, 0.15) is 11.8 Å². The zero-order valence-corrected chi connectivity index (χ0v) is 12.6. The third kappa shape index (κ3) is 4.51. The number of rotatable bonds is 8. The van der Waals surface area contributed by atoms with Crippen LogP contribution >= 0.6 is 0 Å². The van der Waals surface area contributed by atoms with Crippen LogP contribution in [0, 0.1) is 6.92 Å². The lowest BCUT2D eigenvalue weighted by Gasteiger charge is -2.18. The molecule has 1 unspecified atom stereocenters. The molecule has 0 saturated heterocycles. The molecule has 20 heavy (non-hydrogen) atoms. The summed E-state index contributed by atoms with van der Waals surface area (Å²) in [5.74, 6) is 0.515. The Labute approximate surface area is 120 Å². The number of ether oxygens (including phenoxy) is 3. The predicted molar refractivity (Wildman–Crippen MR) is 77.0 cm³/mol. The normalized spacial score (nSPS) is 12.0. The second kappa shape index (κ2) is 8.55. The fourth-order valence-electron chi connectivity index (χ4n) is 1.95. The quantitative estimate of drug-likeness (QED) is 0.582. The molecule has 5 heteroatoms. The standard InChI is InChI=1S/C15H23NO4/c1-5-20-15(17)14(16-8-9-18-3)12-6-7-13(19-4)11(2)10-12/h6-7,10,14,16H,5,8-9H2,1-4H3. The van der Waals surface area contributed by atoms with Gasteiger partial charge < -0.3 is 14.2 Å². The molecule has 0 spiro atoms. The smallest absolute Gasteiger partial charge is 0.327 e. The van der Waals surface area contributed by atoms with Crippen molar-refractivity contribution in [1.29, 1.82) is 0 Å². The van der Waals surface area contributed by atoms with Crippen molar-refractivity contribution in [2.45, 2.75) is 19.9 Å². The van der Waals surface area contributed by atoms with Gasteiger partial charge in [-0.2, -0.15) is 0 Å². The van der Waals surface area contributed by atoms with Gasteiger partial charge in [0.05, 0.1) is 20.3 Å². The van der Waals surface area contributed by atoms with Gasteiger partial charge in [-0.15, -0.1) is 0 Å². The summed E-state index contributed by atoms with van der Waals surface area (Å²) >= 11 is 0. The number of aryl methyl sites for hydroxylation is 1. The molecule has 0 fully saturated rings. The number of nitrogens with one attached hydrogen (secondary N) is 1. The zero-order chi connectivity index (χ0) is 15.0. The molecule has 0 aliphatic heterocycles. The van der Waals surface area contributed by atoms with Crippen molar-refractivity contribution < 1.29 is 19.0 Å². The van der Waals surface area contributed by atoms with Gasteiger partial charge >= 0.3 is 5.97 Å². The van der Waals surface area contributed by atoms with E-state index in [1.807, 2.05) is 25.1 Å². The van der Waals surface area contributed by atoms with Crippen molar-refractivity contribution in [3.63, 3.8) is 0 Å². The molecule has 1 rings (SSSR count). The first-order valence-corrected chi connectivity index (χ1v) is 6.67. The van der Waals surface area contributed by atoms with Crippen molar-refractivity contribution in [2.24, 2.45) is 0 Å². The average molecular weight is 281 g/mol. The van der Waals surface area contributed by atoms with Crippen molar-refractivity contribution in [3.8, 4) is 5.75 Å². The van der Waals surface area contributed by atoms with E-state index < -0.39 is 6.04 Å². The Morgan fingerprint density at radius 2 is 2.10 bits per heavy atom. The molecule has 0 amide bonds. The molecule has 1 atom stereocenters. The van der Waals surface area contributed by atoms with Crippen LogP contribution in [0.4, 0.5) is 0 Å². The van der Waals surface area contributed by atoms with E-state index in [1.54, 1.807) is 21.1 Å². The first kappa shape index (κ1) is 16.5. The minimum atomic E-state index is -0.491. The van der Waals surface area contributed by atoms with Gasteiger partial charge in [0.25, 0.3) is 0 Å². The second-order valence-corrected chi connectivity index (χ2v) is 4.36. The van der Waals surface area contributed by atoms with E-state index in [9.17, 15) is 4.79 Å². The minimum absolute atomic E-state index is 0.284. The lowest BCUT2D eigenvalue weighted by molar-refractivity contribution is -0.145. The molecule has 1 N–H and O–H groups in total. The Hall–Kier alpha value is -1.59. The molecule has 1 aromatic carbocycles. The van der Waals surface area contributed by atoms with Crippen LogP contribution in [0.3, 0.4) is 0 Å². The van der Waals surface area contributed by atoms with Crippen molar-refractivity contribution in [1.82, 2.24) is 5.32 Å². The fourth-order valence-corrected chi connectivity index (χ4v) is 1.95. The summed E-state index contributed by atoms with van der Waals surface area (Å²) in [5, 5.41) is 3.15. The summed E-state index contributed by atoms with van der Waals surface area (Å²) in [4.78, 5) is 12.0. The lowest BCUT2D eigenvalue weighted by Crippen LogP contribution is -2.32. The minimum Gasteiger partial charge on any atom is -0.496 e. The molecule has 112 valence electrons. The third-order valence-electron chi connectivity index (χ3n) is 2.93. The van der Waals surface area contributed by atoms with Gasteiger partial charge in [0.2, 0.25) is 0 Å². The van der Waals surface area contributed by atoms with Gasteiger partial charge in [-0.3, -0.25) is 5.32 Å². The summed E-state index contributed by atoms with van der Waals surface area (Å²) in [7, 11) is 3.25. The van der Waals surface area contributed by atoms with Gasteiger partial charge in [0, 0.05) is 13.7 Å². The van der Waals surface area contributed by atoms with Gasteiger partial charge in [-0.05, 0) is 31.0 Å². The Morgan fingerprint density at radius 1 is 1.35 bits per heavy atom. The molecule has 0 saturated carbocycles. The number of benzene rings is 1. The molecule has 0 aromatic heterocycles. The molecular formula is C15H23NO4. The number of carbonyl (C=O) groups is 1. The van der Waals surface area contributed by atoms with Crippen LogP contribution in [0.2, 0.25) is 0 Å². The Kier molecular flexibility index (Phi) is 7.04. The highest BCUT2D eigenvalue weighted by molar-refractivity contribution is 5.77. The summed E-state index contributed by atoms with van der Waals surface area (Å²) < 4.78 is 15.3. The summed E-state index contributed by atoms with van der Waals surface area (Å²) in [6.45, 7) is 5.20. The highest BCUT2D eigenvalue weighted by Crippen LogP contribution is 2.23. The first-order valence-electron chi connectivity index (χ1n) is 6.67. The van der Waals surface area contributed by atoms with Crippen molar-refractivity contribution >= 4 is 5.97 Å². The molecular weight excluding hydrogens is 258 g/mol. The fraction of sp³-hybridized carbons (Fsp3) is 0.533. The van der Waals surface area contributed by atoms with Gasteiger partial charge in [-0.25, -0.2) is 4.79 Å². The molecule has 0 aliphatic rings. The molecule has 0 radical (unpaired) electrons. The molecule has 1 aromatic rings. The van der Waals surface area contributed by atoms with Crippen LogP contribution in [0.25, 0.3) is 0 Å². The number of carbonyl (C=O) groups excluding carboxylic acids is 1. The van der Waals surface area contributed by atoms with E-state index in [-0.39, 0.29) is 5.97 Å². The van der Waals surface area contributed by atoms with E-state index in [2.05, 4.69) is 5.32 Å². The predicted octanol–water partition coefficient (Wildman–Crippen LogP) is 1.84. The van der Waals surface area contributed by atoms with Gasteiger partial charge in [-0.1, -0.05) is 12.1 Å². The van der Waals surface area contributed by atoms with Gasteiger partial charge in [0.15, 0.2) is 0 Å². The van der Waals surface area contributed by atoms with E-state index >= 15 is 0 Å². The van der Waals surface area contributed by atoms with Crippen LogP contribution in [0.1, 0.15) is 24.1 Å². The summed E-state index contributed by atoms with van der Waals surface area (Å²) in [6.07, 6.45) is 0. The number of esters is 1. The average Bonchev–Trinajstić information content (AvgIpc) is 2.44. The van der Waals surface area contributed by atoms with Crippen LogP contribution in [-0.4, -0.2) is 39.9 Å². The van der Waals surface area contributed by atoms with E-state index in [0.717, 1.165) is 16.9 Å². The summed E-state index contributed by atoms with van der Waals surface area (Å²) in [5.41, 5.74) is 1.84. The SMILES string of the molecule is CCOC(=O)C(NCCOC)c1ccc(OC)c(C)c1. The second-order valence-electron chi connectivity index (χ2n) is 4.36. The van der Waals surface area contributed by atoms with E-state index in [4.69, 9.17) is 14.2 Å². The Morgan fingerprint density at radius 3 is 2.65 bits per heavy atom. The lowest BCUT2D eigenvalue weighted by atomic mass is 10.0. The van der Waals surface area contributed by atoms with Crippen molar-refractivity contribution in [2.75, 3.05) is 34.0 Å². The Balaban J connectivity index is 2.90. The largest absolute Gasteiger partial charge is 0.496 e. The first-order chi connectivity index (χ1) is 9.63. The maximum atomic E-state index is 12.0. The summed E-state index contributed by atoms with van der Waals surface area (Å²) in [6, 6.07) is 5.16. The van der Waals surface area contributed by atoms with Crippen LogP contribution in [0.5, 0.6) is 5.75 Å². The molecule has 0 aliphatic carbocycles. The highest BCUT2D eigenvalue weighted by atomic mass is 16.5. The maximum Gasteiger partial charge on any atom is 0.327 e. The van der Waals surface area contributed by atoms with Crippen LogP contribution in [-0.2, 0) is 14.3 Å². The van der Waals surface area contributed by atoms with Crippen LogP contribution < -0.4 is 10.1 Å². The number of hydrogen-bond acceptors (Lipinski definition) is 5. The highest BCUT2D eigenvalue weighted by Gasteiger charge is 2.21. The zero-order valence-electron chi connectivity index (χ0n) is 12.6. The topological polar surface area (TPSA) is 56.8 Å². The molecule has 5 nitrogen and oxygen atoms in total. The molecule has 0 bridgehead atoms. The third-order valence-corrected chi connectivity index (χ3v) is 2.93. The van der Waals surface area contributed by atoms with E-state index in [1.165, 1.54) is 0 Å². The monoisotopic (exact) mass is 281 g/mol. The van der Waals surface area contributed by atoms with Crippen LogP contribution in [0.15, 0.2) is 18.2 Å². The maximum absolute atomic E-state index is 12.0. The number of methoxy groups -OCH3 is 2. The Bertz CT molecular complexity index is 434. The van der Waals surface area contributed by atoms with Crippen molar-refractivity contribution in [3.05, 3.63) is 29.3 Å². The number of hydrogen-bond donors (Lipinski definition) is 1. The molecule has 0 heterocycles.